The Labute approximate surface area is 85.8 Å². The summed E-state index contributed by atoms with van der Waals surface area (Å²) in [6, 6.07) is 0.289. The highest BCUT2D eigenvalue weighted by Crippen LogP contribution is 2.22. The molecule has 0 saturated heterocycles. The smallest absolute Gasteiger partial charge is 0.414 e. The summed E-state index contributed by atoms with van der Waals surface area (Å²) in [5.41, 5.74) is 0. The lowest BCUT2D eigenvalue weighted by Crippen LogP contribution is -2.32. The number of aromatic nitrogens is 2. The molecule has 7 heteroatoms. The molecule has 15 heavy (non-hydrogen) atoms. The molecule has 0 bridgehead atoms. The van der Waals surface area contributed by atoms with Gasteiger partial charge in [0.25, 0.3) is 0 Å². The van der Waals surface area contributed by atoms with Crippen molar-refractivity contribution in [2.24, 2.45) is 0 Å². The minimum absolute atomic E-state index is 0.0590. The molecule has 0 aromatic carbocycles. The van der Waals surface area contributed by atoms with Crippen molar-refractivity contribution in [1.29, 1.82) is 0 Å². The van der Waals surface area contributed by atoms with Crippen LogP contribution in [0.3, 0.4) is 0 Å². The molecule has 1 aromatic heterocycles. The van der Waals surface area contributed by atoms with E-state index in [0.29, 0.717) is 19.8 Å². The van der Waals surface area contributed by atoms with Gasteiger partial charge in [0.1, 0.15) is 18.9 Å². The van der Waals surface area contributed by atoms with Crippen molar-refractivity contribution in [2.75, 3.05) is 13.2 Å². The number of nitro groups is 1. The predicted octanol–water partition coefficient (Wildman–Crippen LogP) is 0.589. The van der Waals surface area contributed by atoms with Gasteiger partial charge in [-0.05, 0) is 11.8 Å². The van der Waals surface area contributed by atoms with E-state index in [-0.39, 0.29) is 17.9 Å². The van der Waals surface area contributed by atoms with Gasteiger partial charge in [0, 0.05) is 11.6 Å². The Morgan fingerprint density at radius 1 is 1.87 bits per heavy atom. The number of rotatable bonds is 3. The van der Waals surface area contributed by atoms with Gasteiger partial charge in [0.05, 0.1) is 6.54 Å². The molecule has 1 aliphatic heterocycles. The Bertz CT molecular complexity index is 376. The van der Waals surface area contributed by atoms with Crippen LogP contribution in [0.2, 0.25) is 0 Å². The number of hydrogen-bond donors (Lipinski definition) is 0. The lowest BCUT2D eigenvalue weighted by Gasteiger charge is -2.21. The summed E-state index contributed by atoms with van der Waals surface area (Å²) in [6.07, 6.45) is 1.30. The summed E-state index contributed by atoms with van der Waals surface area (Å²) in [5.74, 6) is -0.192. The van der Waals surface area contributed by atoms with Gasteiger partial charge in [-0.25, -0.2) is 0 Å². The molecule has 1 unspecified atom stereocenters. The van der Waals surface area contributed by atoms with Crippen LogP contribution in [0.25, 0.3) is 0 Å². The van der Waals surface area contributed by atoms with Gasteiger partial charge in [-0.3, -0.25) is 4.57 Å². The van der Waals surface area contributed by atoms with E-state index in [0.717, 1.165) is 0 Å². The van der Waals surface area contributed by atoms with Crippen molar-refractivity contribution in [1.82, 2.24) is 9.55 Å². The topological polar surface area (TPSA) is 79.4 Å². The first-order valence-corrected chi connectivity index (χ1v) is 4.66. The minimum atomic E-state index is -0.537. The molecule has 0 aliphatic carbocycles. The fourth-order valence-corrected chi connectivity index (χ4v) is 1.50. The van der Waals surface area contributed by atoms with Gasteiger partial charge in [-0.2, -0.15) is 0 Å². The zero-order valence-electron chi connectivity index (χ0n) is 8.25. The van der Waals surface area contributed by atoms with Crippen LogP contribution in [-0.2, 0) is 11.3 Å². The first kappa shape index (κ1) is 9.91. The number of fused-ring (bicyclic) bond motifs is 1. The maximum absolute atomic E-state index is 10.5. The summed E-state index contributed by atoms with van der Waals surface area (Å²) in [4.78, 5) is 13.7. The first-order chi connectivity index (χ1) is 7.20. The number of hydrogen-bond acceptors (Lipinski definition) is 5. The summed E-state index contributed by atoms with van der Waals surface area (Å²) < 4.78 is 12.2. The van der Waals surface area contributed by atoms with E-state index in [1.807, 2.05) is 6.92 Å². The van der Waals surface area contributed by atoms with Crippen LogP contribution in [0.15, 0.2) is 6.20 Å². The number of ether oxygens (including phenoxy) is 2. The standard InChI is InChI=1S/C8H11N3O4/c1-2-14-6-3-10-4-7(11(12)13)9-8(10)15-5-6/h4,6H,2-3,5H2,1H3. The molecule has 0 N–H and O–H groups in total. The van der Waals surface area contributed by atoms with Crippen molar-refractivity contribution in [3.05, 3.63) is 16.3 Å². The van der Waals surface area contributed by atoms with E-state index < -0.39 is 4.92 Å². The molecule has 7 nitrogen and oxygen atoms in total. The Kier molecular flexibility index (Phi) is 2.55. The Morgan fingerprint density at radius 3 is 3.33 bits per heavy atom. The molecule has 0 spiro atoms. The third-order valence-corrected chi connectivity index (χ3v) is 2.12. The van der Waals surface area contributed by atoms with E-state index in [2.05, 4.69) is 4.98 Å². The van der Waals surface area contributed by atoms with Crippen LogP contribution in [0.5, 0.6) is 6.01 Å². The van der Waals surface area contributed by atoms with Gasteiger partial charge < -0.3 is 19.6 Å². The Hall–Kier alpha value is -1.63. The minimum Gasteiger partial charge on any atom is -0.443 e. The molecule has 2 rings (SSSR count). The third kappa shape index (κ3) is 1.91. The number of imidazole rings is 1. The SMILES string of the molecule is CCOC1COc2nc([N+](=O)[O-])cn2C1. The zero-order chi connectivity index (χ0) is 10.8. The van der Waals surface area contributed by atoms with E-state index in [9.17, 15) is 10.1 Å². The van der Waals surface area contributed by atoms with Crippen molar-refractivity contribution in [2.45, 2.75) is 19.6 Å². The maximum Gasteiger partial charge on any atom is 0.414 e. The van der Waals surface area contributed by atoms with Crippen LogP contribution < -0.4 is 4.74 Å². The molecule has 0 radical (unpaired) electrons. The van der Waals surface area contributed by atoms with Crippen LogP contribution in [0.1, 0.15) is 6.92 Å². The lowest BCUT2D eigenvalue weighted by atomic mass is 10.3. The Morgan fingerprint density at radius 2 is 2.67 bits per heavy atom. The summed E-state index contributed by atoms with van der Waals surface area (Å²) >= 11 is 0. The van der Waals surface area contributed by atoms with Gasteiger partial charge in [-0.1, -0.05) is 0 Å². The zero-order valence-corrected chi connectivity index (χ0v) is 8.25. The van der Waals surface area contributed by atoms with Gasteiger partial charge in [-0.15, -0.1) is 0 Å². The average molecular weight is 213 g/mol. The highest BCUT2D eigenvalue weighted by atomic mass is 16.6. The maximum atomic E-state index is 10.5. The molecule has 1 aliphatic rings. The predicted molar refractivity (Wildman–Crippen MR) is 49.8 cm³/mol. The average Bonchev–Trinajstić information content (AvgIpc) is 2.61. The fourth-order valence-electron chi connectivity index (χ4n) is 1.50. The molecule has 82 valence electrons. The van der Waals surface area contributed by atoms with Crippen LogP contribution in [0.4, 0.5) is 5.82 Å². The number of nitrogens with zero attached hydrogens (tertiary/aromatic N) is 3. The largest absolute Gasteiger partial charge is 0.443 e. The second-order valence-electron chi connectivity index (χ2n) is 3.18. The summed E-state index contributed by atoms with van der Waals surface area (Å²) in [6.45, 7) is 3.43. The monoisotopic (exact) mass is 213 g/mol. The second-order valence-corrected chi connectivity index (χ2v) is 3.18. The van der Waals surface area contributed by atoms with Gasteiger partial charge in [0.2, 0.25) is 0 Å². The molecule has 0 fully saturated rings. The van der Waals surface area contributed by atoms with E-state index >= 15 is 0 Å². The second kappa shape index (κ2) is 3.85. The van der Waals surface area contributed by atoms with Crippen LogP contribution in [-0.4, -0.2) is 33.8 Å². The summed E-state index contributed by atoms with van der Waals surface area (Å²) in [5, 5.41) is 10.5. The normalized spacial score (nSPS) is 19.4. The van der Waals surface area contributed by atoms with Crippen molar-refractivity contribution < 1.29 is 14.4 Å². The molecule has 0 amide bonds. The van der Waals surface area contributed by atoms with E-state index in [1.165, 1.54) is 6.20 Å². The fraction of sp³-hybridized carbons (Fsp3) is 0.625. The lowest BCUT2D eigenvalue weighted by molar-refractivity contribution is -0.389. The van der Waals surface area contributed by atoms with E-state index in [1.54, 1.807) is 4.57 Å². The van der Waals surface area contributed by atoms with Crippen LogP contribution >= 0.6 is 0 Å². The summed E-state index contributed by atoms with van der Waals surface area (Å²) in [7, 11) is 0. The molecular weight excluding hydrogens is 202 g/mol. The van der Waals surface area contributed by atoms with E-state index in [4.69, 9.17) is 9.47 Å². The Balaban J connectivity index is 2.15. The van der Waals surface area contributed by atoms with Crippen molar-refractivity contribution >= 4 is 5.82 Å². The van der Waals surface area contributed by atoms with Crippen LogP contribution in [0, 0.1) is 10.1 Å². The van der Waals surface area contributed by atoms with Gasteiger partial charge in [0.15, 0.2) is 0 Å². The molecule has 0 saturated carbocycles. The third-order valence-electron chi connectivity index (χ3n) is 2.12. The highest BCUT2D eigenvalue weighted by molar-refractivity contribution is 5.21. The first-order valence-electron chi connectivity index (χ1n) is 4.66. The van der Waals surface area contributed by atoms with Crippen molar-refractivity contribution in [3.8, 4) is 6.01 Å². The molecular formula is C8H11N3O4. The van der Waals surface area contributed by atoms with Gasteiger partial charge >= 0.3 is 11.8 Å². The molecule has 1 atom stereocenters. The molecule has 1 aromatic rings. The van der Waals surface area contributed by atoms with Crippen molar-refractivity contribution in [3.63, 3.8) is 0 Å². The highest BCUT2D eigenvalue weighted by Gasteiger charge is 2.27. The quantitative estimate of drug-likeness (QED) is 0.542. The molecule has 2 heterocycles.